The van der Waals surface area contributed by atoms with Crippen molar-refractivity contribution in [1.82, 2.24) is 4.90 Å². The van der Waals surface area contributed by atoms with E-state index in [-0.39, 0.29) is 18.4 Å². The van der Waals surface area contributed by atoms with Crippen LogP contribution in [-0.4, -0.2) is 49.6 Å². The molecule has 4 rings (SSSR count). The number of ether oxygens (including phenoxy) is 2. The van der Waals surface area contributed by atoms with Gasteiger partial charge in [0, 0.05) is 18.8 Å². The first-order valence-corrected chi connectivity index (χ1v) is 10.0. The zero-order valence-corrected chi connectivity index (χ0v) is 16.7. The van der Waals surface area contributed by atoms with E-state index < -0.39 is 0 Å². The number of anilines is 1. The zero-order valence-electron chi connectivity index (χ0n) is 16.7. The Labute approximate surface area is 175 Å². The molecule has 1 fully saturated rings. The highest BCUT2D eigenvalue weighted by Gasteiger charge is 2.17. The molecule has 1 aliphatic rings. The fourth-order valence-electron chi connectivity index (χ4n) is 3.51. The number of carbonyl (C=O) groups excluding carboxylic acids is 2. The molecule has 1 heterocycles. The van der Waals surface area contributed by atoms with Crippen molar-refractivity contribution < 1.29 is 19.1 Å². The highest BCUT2D eigenvalue weighted by atomic mass is 16.5. The van der Waals surface area contributed by atoms with Crippen molar-refractivity contribution in [3.8, 4) is 5.75 Å². The number of carbonyl (C=O) groups is 2. The number of hydrogen-bond donors (Lipinski definition) is 1. The lowest BCUT2D eigenvalue weighted by Gasteiger charge is -2.26. The van der Waals surface area contributed by atoms with Gasteiger partial charge >= 0.3 is 0 Å². The van der Waals surface area contributed by atoms with Gasteiger partial charge in [0.2, 0.25) is 5.91 Å². The molecule has 0 atom stereocenters. The summed E-state index contributed by atoms with van der Waals surface area (Å²) in [6.45, 7) is 2.33. The molecule has 3 aromatic carbocycles. The first-order valence-electron chi connectivity index (χ1n) is 10.0. The summed E-state index contributed by atoms with van der Waals surface area (Å²) in [4.78, 5) is 26.4. The van der Waals surface area contributed by atoms with Crippen LogP contribution in [0.5, 0.6) is 5.75 Å². The fourth-order valence-corrected chi connectivity index (χ4v) is 3.51. The van der Waals surface area contributed by atoms with Crippen molar-refractivity contribution in [2.75, 3.05) is 38.2 Å². The first-order chi connectivity index (χ1) is 14.7. The van der Waals surface area contributed by atoms with E-state index in [4.69, 9.17) is 9.47 Å². The van der Waals surface area contributed by atoms with Gasteiger partial charge in [-0.3, -0.25) is 9.59 Å². The van der Waals surface area contributed by atoms with Crippen molar-refractivity contribution in [2.24, 2.45) is 0 Å². The van der Waals surface area contributed by atoms with Crippen LogP contribution in [0.25, 0.3) is 10.8 Å². The van der Waals surface area contributed by atoms with Gasteiger partial charge in [-0.25, -0.2) is 0 Å². The molecule has 3 aromatic rings. The topological polar surface area (TPSA) is 67.9 Å². The fraction of sp³-hybridized carbons (Fsp3) is 0.250. The van der Waals surface area contributed by atoms with Gasteiger partial charge in [-0.2, -0.15) is 0 Å². The van der Waals surface area contributed by atoms with E-state index in [0.717, 1.165) is 16.3 Å². The van der Waals surface area contributed by atoms with E-state index in [1.807, 2.05) is 42.5 Å². The van der Waals surface area contributed by atoms with Gasteiger partial charge in [-0.1, -0.05) is 42.5 Å². The molecule has 0 aliphatic carbocycles. The third kappa shape index (κ3) is 4.96. The van der Waals surface area contributed by atoms with Crippen LogP contribution in [0.2, 0.25) is 0 Å². The summed E-state index contributed by atoms with van der Waals surface area (Å²) in [5.41, 5.74) is 1.68. The second-order valence-electron chi connectivity index (χ2n) is 7.17. The Balaban J connectivity index is 1.30. The normalized spacial score (nSPS) is 13.8. The van der Waals surface area contributed by atoms with Gasteiger partial charge in [-0.05, 0) is 40.6 Å². The second kappa shape index (κ2) is 9.41. The quantitative estimate of drug-likeness (QED) is 0.685. The van der Waals surface area contributed by atoms with Gasteiger partial charge in [0.05, 0.1) is 19.6 Å². The minimum atomic E-state index is -0.0810. The number of nitrogens with zero attached hydrogens (tertiary/aromatic N) is 1. The van der Waals surface area contributed by atoms with Gasteiger partial charge in [0.15, 0.2) is 6.61 Å². The largest absolute Gasteiger partial charge is 0.484 e. The van der Waals surface area contributed by atoms with Crippen LogP contribution in [-0.2, 0) is 20.7 Å². The average Bonchev–Trinajstić information content (AvgIpc) is 2.79. The highest BCUT2D eigenvalue weighted by Crippen LogP contribution is 2.20. The summed E-state index contributed by atoms with van der Waals surface area (Å²) >= 11 is 0. The van der Waals surface area contributed by atoms with E-state index in [1.165, 1.54) is 0 Å². The first kappa shape index (κ1) is 19.9. The maximum absolute atomic E-state index is 12.5. The Hall–Kier alpha value is -3.38. The SMILES string of the molecule is O=C(Cc1cccc2ccccc12)Nc1ccc(OCC(=O)N2CCOCC2)cc1. The molecule has 0 aromatic heterocycles. The van der Waals surface area contributed by atoms with Gasteiger partial charge in [0.25, 0.3) is 5.91 Å². The molecule has 1 saturated heterocycles. The summed E-state index contributed by atoms with van der Waals surface area (Å²) in [6.07, 6.45) is 0.299. The van der Waals surface area contributed by atoms with Crippen molar-refractivity contribution in [3.05, 3.63) is 72.3 Å². The molecule has 6 heteroatoms. The molecule has 0 saturated carbocycles. The van der Waals surface area contributed by atoms with Crippen molar-refractivity contribution in [3.63, 3.8) is 0 Å². The lowest BCUT2D eigenvalue weighted by atomic mass is 10.0. The molecule has 2 amide bonds. The maximum Gasteiger partial charge on any atom is 0.260 e. The summed E-state index contributed by atoms with van der Waals surface area (Å²) in [6, 6.07) is 21.1. The number of amides is 2. The lowest BCUT2D eigenvalue weighted by molar-refractivity contribution is -0.137. The molecule has 154 valence electrons. The molecule has 30 heavy (non-hydrogen) atoms. The third-order valence-electron chi connectivity index (χ3n) is 5.10. The minimum Gasteiger partial charge on any atom is -0.484 e. The van der Waals surface area contributed by atoms with Crippen molar-refractivity contribution in [1.29, 1.82) is 0 Å². The molecule has 0 spiro atoms. The third-order valence-corrected chi connectivity index (χ3v) is 5.10. The standard InChI is InChI=1S/C24H24N2O4/c27-23(16-19-6-3-5-18-4-1-2-7-22(18)19)25-20-8-10-21(11-9-20)30-17-24(28)26-12-14-29-15-13-26/h1-11H,12-17H2,(H,25,27). The number of rotatable bonds is 6. The number of morpholine rings is 1. The summed E-state index contributed by atoms with van der Waals surface area (Å²) in [5, 5.41) is 5.12. The highest BCUT2D eigenvalue weighted by molar-refractivity contribution is 5.96. The molecule has 0 bridgehead atoms. The van der Waals surface area contributed by atoms with Crippen molar-refractivity contribution >= 4 is 28.3 Å². The molecule has 6 nitrogen and oxygen atoms in total. The van der Waals surface area contributed by atoms with Crippen LogP contribution in [0.4, 0.5) is 5.69 Å². The summed E-state index contributed by atoms with van der Waals surface area (Å²) < 4.78 is 10.8. The monoisotopic (exact) mass is 404 g/mol. The Morgan fingerprint density at radius 1 is 0.933 bits per heavy atom. The molecule has 1 aliphatic heterocycles. The molecule has 1 N–H and O–H groups in total. The van der Waals surface area contributed by atoms with E-state index in [1.54, 1.807) is 29.2 Å². The number of fused-ring (bicyclic) bond motifs is 1. The van der Waals surface area contributed by atoms with Crippen LogP contribution < -0.4 is 10.1 Å². The zero-order chi connectivity index (χ0) is 20.8. The van der Waals surface area contributed by atoms with E-state index in [0.29, 0.717) is 44.2 Å². The Morgan fingerprint density at radius 3 is 2.47 bits per heavy atom. The van der Waals surface area contributed by atoms with Gasteiger partial charge in [-0.15, -0.1) is 0 Å². The second-order valence-corrected chi connectivity index (χ2v) is 7.17. The van der Waals surface area contributed by atoms with Crippen molar-refractivity contribution in [2.45, 2.75) is 6.42 Å². The maximum atomic E-state index is 12.5. The van der Waals surface area contributed by atoms with E-state index in [9.17, 15) is 9.59 Å². The van der Waals surface area contributed by atoms with Crippen LogP contribution in [0.3, 0.4) is 0 Å². The molecular weight excluding hydrogens is 380 g/mol. The molecule has 0 unspecified atom stereocenters. The number of hydrogen-bond acceptors (Lipinski definition) is 4. The van der Waals surface area contributed by atoms with Crippen LogP contribution in [0.15, 0.2) is 66.7 Å². The summed E-state index contributed by atoms with van der Waals surface area (Å²) in [5.74, 6) is 0.456. The Morgan fingerprint density at radius 2 is 1.67 bits per heavy atom. The number of benzene rings is 3. The van der Waals surface area contributed by atoms with Crippen LogP contribution in [0, 0.1) is 0 Å². The molecule has 0 radical (unpaired) electrons. The minimum absolute atomic E-state index is 0.00716. The summed E-state index contributed by atoms with van der Waals surface area (Å²) in [7, 11) is 0. The van der Waals surface area contributed by atoms with E-state index in [2.05, 4.69) is 5.32 Å². The predicted octanol–water partition coefficient (Wildman–Crippen LogP) is 3.26. The Kier molecular flexibility index (Phi) is 6.25. The number of nitrogens with one attached hydrogen (secondary N) is 1. The lowest BCUT2D eigenvalue weighted by Crippen LogP contribution is -2.42. The average molecular weight is 404 g/mol. The van der Waals surface area contributed by atoms with Crippen LogP contribution >= 0.6 is 0 Å². The van der Waals surface area contributed by atoms with Gasteiger partial charge < -0.3 is 19.7 Å². The predicted molar refractivity (Wildman–Crippen MR) is 116 cm³/mol. The van der Waals surface area contributed by atoms with E-state index >= 15 is 0 Å². The molecular formula is C24H24N2O4. The van der Waals surface area contributed by atoms with Crippen LogP contribution in [0.1, 0.15) is 5.56 Å². The smallest absolute Gasteiger partial charge is 0.260 e. The Bertz CT molecular complexity index is 1020. The van der Waals surface area contributed by atoms with Gasteiger partial charge in [0.1, 0.15) is 5.75 Å².